The predicted octanol–water partition coefficient (Wildman–Crippen LogP) is 1.55. The number of benzene rings is 1. The zero-order valence-corrected chi connectivity index (χ0v) is 11.5. The first-order chi connectivity index (χ1) is 9.58. The van der Waals surface area contributed by atoms with Crippen LogP contribution in [0.2, 0.25) is 0 Å². The number of hydrogen-bond acceptors (Lipinski definition) is 4. The normalized spacial score (nSPS) is 16.9. The molecule has 0 spiro atoms. The smallest absolute Gasteiger partial charge is 0.274 e. The van der Waals surface area contributed by atoms with Crippen molar-refractivity contribution >= 4 is 11.6 Å². The molecule has 1 heterocycles. The second-order valence-electron chi connectivity index (χ2n) is 5.18. The third-order valence-corrected chi connectivity index (χ3v) is 3.73. The molecule has 6 heteroatoms. The number of nitro benzene ring substituents is 1. The standard InChI is InChI=1S/C14H19N3O3/c1-16-8-6-11(7-9-16)14(18)15-10-12-4-2-3-5-13(12)17(19)20/h2-5,11H,6-10H2,1H3,(H,15,18). The number of carbonyl (C=O) groups is 1. The van der Waals surface area contributed by atoms with Crippen LogP contribution >= 0.6 is 0 Å². The minimum absolute atomic E-state index is 0.00347. The van der Waals surface area contributed by atoms with E-state index in [2.05, 4.69) is 10.2 Å². The van der Waals surface area contributed by atoms with Gasteiger partial charge in [0.25, 0.3) is 5.69 Å². The van der Waals surface area contributed by atoms with Gasteiger partial charge in [0, 0.05) is 24.1 Å². The summed E-state index contributed by atoms with van der Waals surface area (Å²) < 4.78 is 0. The molecule has 1 saturated heterocycles. The van der Waals surface area contributed by atoms with E-state index in [1.54, 1.807) is 18.2 Å². The zero-order valence-electron chi connectivity index (χ0n) is 11.5. The largest absolute Gasteiger partial charge is 0.352 e. The third-order valence-electron chi connectivity index (χ3n) is 3.73. The molecule has 1 aliphatic rings. The van der Waals surface area contributed by atoms with E-state index >= 15 is 0 Å². The van der Waals surface area contributed by atoms with Gasteiger partial charge in [-0.2, -0.15) is 0 Å². The molecule has 1 aromatic rings. The number of carbonyl (C=O) groups excluding carboxylic acids is 1. The fraction of sp³-hybridized carbons (Fsp3) is 0.500. The van der Waals surface area contributed by atoms with Gasteiger partial charge in [0.1, 0.15) is 0 Å². The maximum absolute atomic E-state index is 12.1. The van der Waals surface area contributed by atoms with Gasteiger partial charge in [-0.05, 0) is 33.0 Å². The van der Waals surface area contributed by atoms with Gasteiger partial charge in [-0.1, -0.05) is 18.2 Å². The lowest BCUT2D eigenvalue weighted by Gasteiger charge is -2.28. The second-order valence-corrected chi connectivity index (χ2v) is 5.18. The Bertz CT molecular complexity index is 496. The summed E-state index contributed by atoms with van der Waals surface area (Å²) in [5.74, 6) is 0.0187. The maximum Gasteiger partial charge on any atom is 0.274 e. The van der Waals surface area contributed by atoms with E-state index < -0.39 is 4.92 Å². The van der Waals surface area contributed by atoms with Gasteiger partial charge < -0.3 is 10.2 Å². The quantitative estimate of drug-likeness (QED) is 0.669. The van der Waals surface area contributed by atoms with Crippen LogP contribution in [0.1, 0.15) is 18.4 Å². The highest BCUT2D eigenvalue weighted by molar-refractivity contribution is 5.78. The van der Waals surface area contributed by atoms with Crippen LogP contribution in [0, 0.1) is 16.0 Å². The monoisotopic (exact) mass is 277 g/mol. The molecule has 2 rings (SSSR count). The van der Waals surface area contributed by atoms with E-state index in [1.807, 2.05) is 7.05 Å². The van der Waals surface area contributed by atoms with Crippen LogP contribution in [0.5, 0.6) is 0 Å². The molecule has 0 radical (unpaired) electrons. The van der Waals surface area contributed by atoms with Crippen molar-refractivity contribution in [2.24, 2.45) is 5.92 Å². The summed E-state index contributed by atoms with van der Waals surface area (Å²) in [5.41, 5.74) is 0.593. The number of amides is 1. The molecule has 6 nitrogen and oxygen atoms in total. The number of para-hydroxylation sites is 1. The predicted molar refractivity (Wildman–Crippen MR) is 75.2 cm³/mol. The molecular weight excluding hydrogens is 258 g/mol. The minimum Gasteiger partial charge on any atom is -0.352 e. The molecule has 1 amide bonds. The Morgan fingerprint density at radius 2 is 2.05 bits per heavy atom. The molecule has 20 heavy (non-hydrogen) atoms. The van der Waals surface area contributed by atoms with Crippen LogP contribution in [0.4, 0.5) is 5.69 Å². The van der Waals surface area contributed by atoms with Gasteiger partial charge in [0.2, 0.25) is 5.91 Å². The molecule has 1 fully saturated rings. The SMILES string of the molecule is CN1CCC(C(=O)NCc2ccccc2[N+](=O)[O-])CC1. The summed E-state index contributed by atoms with van der Waals surface area (Å²) in [7, 11) is 2.04. The van der Waals surface area contributed by atoms with Crippen molar-refractivity contribution < 1.29 is 9.72 Å². The number of piperidine rings is 1. The molecular formula is C14H19N3O3. The maximum atomic E-state index is 12.1. The minimum atomic E-state index is -0.420. The van der Waals surface area contributed by atoms with Gasteiger partial charge in [0.15, 0.2) is 0 Å². The van der Waals surface area contributed by atoms with Gasteiger partial charge in [-0.3, -0.25) is 14.9 Å². The summed E-state index contributed by atoms with van der Waals surface area (Å²) in [6.45, 7) is 2.05. The summed E-state index contributed by atoms with van der Waals surface area (Å²) in [6.07, 6.45) is 1.69. The highest BCUT2D eigenvalue weighted by Crippen LogP contribution is 2.19. The lowest BCUT2D eigenvalue weighted by Crippen LogP contribution is -2.38. The van der Waals surface area contributed by atoms with Crippen LogP contribution in [0.15, 0.2) is 24.3 Å². The van der Waals surface area contributed by atoms with Crippen molar-refractivity contribution in [1.82, 2.24) is 10.2 Å². The highest BCUT2D eigenvalue weighted by Gasteiger charge is 2.23. The van der Waals surface area contributed by atoms with E-state index in [0.29, 0.717) is 5.56 Å². The Hall–Kier alpha value is -1.95. The fourth-order valence-electron chi connectivity index (χ4n) is 2.44. The third kappa shape index (κ3) is 3.54. The molecule has 0 atom stereocenters. The summed E-state index contributed by atoms with van der Waals surface area (Å²) in [5, 5.41) is 13.7. The molecule has 0 bridgehead atoms. The van der Waals surface area contributed by atoms with Crippen molar-refractivity contribution in [3.8, 4) is 0 Å². The number of rotatable bonds is 4. The molecule has 0 aromatic heterocycles. The molecule has 1 N–H and O–H groups in total. The highest BCUT2D eigenvalue weighted by atomic mass is 16.6. The zero-order chi connectivity index (χ0) is 14.5. The van der Waals surface area contributed by atoms with E-state index in [4.69, 9.17) is 0 Å². The molecule has 0 saturated carbocycles. The lowest BCUT2D eigenvalue weighted by molar-refractivity contribution is -0.385. The summed E-state index contributed by atoms with van der Waals surface area (Å²) >= 11 is 0. The van der Waals surface area contributed by atoms with Crippen molar-refractivity contribution in [2.75, 3.05) is 20.1 Å². The number of nitro groups is 1. The van der Waals surface area contributed by atoms with Crippen molar-refractivity contribution in [3.05, 3.63) is 39.9 Å². The van der Waals surface area contributed by atoms with Gasteiger partial charge in [-0.25, -0.2) is 0 Å². The average molecular weight is 277 g/mol. The van der Waals surface area contributed by atoms with Crippen LogP contribution in [0.3, 0.4) is 0 Å². The van der Waals surface area contributed by atoms with Crippen LogP contribution in [-0.4, -0.2) is 35.9 Å². The topological polar surface area (TPSA) is 75.5 Å². The van der Waals surface area contributed by atoms with Crippen molar-refractivity contribution in [2.45, 2.75) is 19.4 Å². The number of hydrogen-bond donors (Lipinski definition) is 1. The molecule has 0 aliphatic carbocycles. The first-order valence-electron chi connectivity index (χ1n) is 6.76. The first-order valence-corrected chi connectivity index (χ1v) is 6.76. The van der Waals surface area contributed by atoms with Crippen molar-refractivity contribution in [1.29, 1.82) is 0 Å². The number of likely N-dealkylation sites (tertiary alicyclic amines) is 1. The van der Waals surface area contributed by atoms with Gasteiger partial charge >= 0.3 is 0 Å². The number of nitrogens with zero attached hydrogens (tertiary/aromatic N) is 2. The second kappa shape index (κ2) is 6.47. The Kier molecular flexibility index (Phi) is 4.68. The molecule has 1 aliphatic heterocycles. The van der Waals surface area contributed by atoms with E-state index in [1.165, 1.54) is 6.07 Å². The molecule has 1 aromatic carbocycles. The summed E-state index contributed by atoms with van der Waals surface area (Å²) in [6, 6.07) is 6.49. The first kappa shape index (κ1) is 14.5. The molecule has 0 unspecified atom stereocenters. The Balaban J connectivity index is 1.92. The van der Waals surface area contributed by atoms with Crippen LogP contribution in [0.25, 0.3) is 0 Å². The van der Waals surface area contributed by atoms with Gasteiger partial charge in [-0.15, -0.1) is 0 Å². The van der Waals surface area contributed by atoms with E-state index in [9.17, 15) is 14.9 Å². The molecule has 108 valence electrons. The Morgan fingerprint density at radius 3 is 2.70 bits per heavy atom. The van der Waals surface area contributed by atoms with E-state index in [0.717, 1.165) is 25.9 Å². The van der Waals surface area contributed by atoms with Crippen molar-refractivity contribution in [3.63, 3.8) is 0 Å². The Labute approximate surface area is 117 Å². The average Bonchev–Trinajstić information content (AvgIpc) is 2.45. The van der Waals surface area contributed by atoms with Crippen LogP contribution in [-0.2, 0) is 11.3 Å². The lowest BCUT2D eigenvalue weighted by atomic mass is 9.96. The van der Waals surface area contributed by atoms with E-state index in [-0.39, 0.29) is 24.1 Å². The van der Waals surface area contributed by atoms with Crippen LogP contribution < -0.4 is 5.32 Å². The Morgan fingerprint density at radius 1 is 1.40 bits per heavy atom. The number of nitrogens with one attached hydrogen (secondary N) is 1. The fourth-order valence-corrected chi connectivity index (χ4v) is 2.44. The van der Waals surface area contributed by atoms with Gasteiger partial charge in [0.05, 0.1) is 4.92 Å². The summed E-state index contributed by atoms with van der Waals surface area (Å²) in [4.78, 5) is 24.7.